The van der Waals surface area contributed by atoms with Gasteiger partial charge in [0.05, 0.1) is 6.33 Å². The third-order valence-corrected chi connectivity index (χ3v) is 3.21. The van der Waals surface area contributed by atoms with Gasteiger partial charge < -0.3 is 10.3 Å². The molecule has 0 fully saturated rings. The molecule has 2 N–H and O–H groups in total. The first-order valence-electron chi connectivity index (χ1n) is 6.37. The molecule has 5 nitrogen and oxygen atoms in total. The van der Waals surface area contributed by atoms with Crippen LogP contribution in [0, 0.1) is 12.7 Å². The Hall–Kier alpha value is -2.50. The molecule has 102 valence electrons. The molecule has 2 heterocycles. The molecule has 0 bridgehead atoms. The van der Waals surface area contributed by atoms with Crippen LogP contribution in [0.4, 0.5) is 10.2 Å². The van der Waals surface area contributed by atoms with Crippen LogP contribution in [-0.2, 0) is 6.42 Å². The van der Waals surface area contributed by atoms with Crippen molar-refractivity contribution in [3.05, 3.63) is 47.8 Å². The van der Waals surface area contributed by atoms with Gasteiger partial charge in [-0.3, -0.25) is 0 Å². The van der Waals surface area contributed by atoms with Gasteiger partial charge >= 0.3 is 0 Å². The van der Waals surface area contributed by atoms with Crippen molar-refractivity contribution in [1.82, 2.24) is 19.9 Å². The summed E-state index contributed by atoms with van der Waals surface area (Å²) in [5.41, 5.74) is 3.51. The van der Waals surface area contributed by atoms with Crippen LogP contribution in [0.5, 0.6) is 0 Å². The van der Waals surface area contributed by atoms with Crippen LogP contribution in [0.1, 0.15) is 11.1 Å². The summed E-state index contributed by atoms with van der Waals surface area (Å²) in [6, 6.07) is 4.85. The van der Waals surface area contributed by atoms with Crippen LogP contribution in [0.25, 0.3) is 11.2 Å². The highest BCUT2D eigenvalue weighted by Gasteiger charge is 2.05. The van der Waals surface area contributed by atoms with Crippen molar-refractivity contribution in [3.8, 4) is 0 Å². The summed E-state index contributed by atoms with van der Waals surface area (Å²) in [5, 5.41) is 3.25. The number of H-pyrrole nitrogens is 1. The van der Waals surface area contributed by atoms with Gasteiger partial charge in [0.2, 0.25) is 0 Å². The number of hydrogen-bond donors (Lipinski definition) is 2. The smallest absolute Gasteiger partial charge is 0.182 e. The quantitative estimate of drug-likeness (QED) is 0.765. The Morgan fingerprint density at radius 3 is 3.00 bits per heavy atom. The molecule has 2 aromatic heterocycles. The summed E-state index contributed by atoms with van der Waals surface area (Å²) >= 11 is 0. The standard InChI is InChI=1S/C14H14FN5/c1-9-6-11(15)3-2-10(9)4-5-16-13-12-14(18-7-17-12)20-8-19-13/h2-3,6-8H,4-5H2,1H3,(H2,16,17,18,19,20). The van der Waals surface area contributed by atoms with E-state index in [1.807, 2.05) is 13.0 Å². The van der Waals surface area contributed by atoms with Crippen molar-refractivity contribution in [2.75, 3.05) is 11.9 Å². The number of aryl methyl sites for hydroxylation is 1. The molecule has 3 aromatic rings. The van der Waals surface area contributed by atoms with Gasteiger partial charge in [0.25, 0.3) is 0 Å². The normalized spacial score (nSPS) is 10.9. The molecule has 0 aliphatic rings. The zero-order chi connectivity index (χ0) is 13.9. The Morgan fingerprint density at radius 2 is 2.15 bits per heavy atom. The average molecular weight is 271 g/mol. The van der Waals surface area contributed by atoms with Gasteiger partial charge in [-0.2, -0.15) is 0 Å². The molecular weight excluding hydrogens is 257 g/mol. The fraction of sp³-hybridized carbons (Fsp3) is 0.214. The van der Waals surface area contributed by atoms with Crippen LogP contribution in [0.3, 0.4) is 0 Å². The number of aromatic nitrogens is 4. The molecule has 1 aromatic carbocycles. The number of fused-ring (bicyclic) bond motifs is 1. The van der Waals surface area contributed by atoms with Crippen molar-refractivity contribution >= 4 is 17.0 Å². The van der Waals surface area contributed by atoms with E-state index in [0.717, 1.165) is 28.9 Å². The highest BCUT2D eigenvalue weighted by molar-refractivity contribution is 5.81. The number of nitrogens with one attached hydrogen (secondary N) is 2. The van der Waals surface area contributed by atoms with Crippen molar-refractivity contribution in [2.45, 2.75) is 13.3 Å². The SMILES string of the molecule is Cc1cc(F)ccc1CCNc1ncnc2nc[nH]c12. The largest absolute Gasteiger partial charge is 0.368 e. The summed E-state index contributed by atoms with van der Waals surface area (Å²) in [6.07, 6.45) is 3.87. The molecule has 0 radical (unpaired) electrons. The van der Waals surface area contributed by atoms with E-state index in [0.29, 0.717) is 12.2 Å². The minimum atomic E-state index is -0.200. The first-order valence-corrected chi connectivity index (χ1v) is 6.37. The molecule has 0 saturated heterocycles. The number of benzene rings is 1. The van der Waals surface area contributed by atoms with E-state index in [1.165, 1.54) is 12.4 Å². The van der Waals surface area contributed by atoms with Gasteiger partial charge in [-0.05, 0) is 36.6 Å². The minimum Gasteiger partial charge on any atom is -0.368 e. The van der Waals surface area contributed by atoms with Gasteiger partial charge in [-0.1, -0.05) is 6.07 Å². The minimum absolute atomic E-state index is 0.200. The molecule has 3 rings (SSSR count). The summed E-state index contributed by atoms with van der Waals surface area (Å²) in [4.78, 5) is 15.3. The maximum absolute atomic E-state index is 13.0. The zero-order valence-corrected chi connectivity index (χ0v) is 11.0. The molecule has 6 heteroatoms. The van der Waals surface area contributed by atoms with E-state index in [1.54, 1.807) is 12.4 Å². The molecule has 0 aliphatic heterocycles. The summed E-state index contributed by atoms with van der Waals surface area (Å²) in [6.45, 7) is 2.62. The number of anilines is 1. The predicted molar refractivity (Wildman–Crippen MR) is 75.0 cm³/mol. The highest BCUT2D eigenvalue weighted by Crippen LogP contribution is 2.15. The molecule has 0 saturated carbocycles. The second-order valence-corrected chi connectivity index (χ2v) is 4.57. The van der Waals surface area contributed by atoms with Gasteiger partial charge in [0.15, 0.2) is 11.5 Å². The second-order valence-electron chi connectivity index (χ2n) is 4.57. The Labute approximate surface area is 115 Å². The number of aromatic amines is 1. The number of hydrogen-bond acceptors (Lipinski definition) is 4. The van der Waals surface area contributed by atoms with Gasteiger partial charge in [0.1, 0.15) is 17.7 Å². The van der Waals surface area contributed by atoms with Crippen molar-refractivity contribution in [2.24, 2.45) is 0 Å². The lowest BCUT2D eigenvalue weighted by atomic mass is 10.1. The van der Waals surface area contributed by atoms with Crippen LogP contribution in [0.15, 0.2) is 30.9 Å². The summed E-state index contributed by atoms with van der Waals surface area (Å²) < 4.78 is 13.0. The van der Waals surface area contributed by atoms with E-state index in [9.17, 15) is 4.39 Å². The number of halogens is 1. The Morgan fingerprint density at radius 1 is 1.25 bits per heavy atom. The first-order chi connectivity index (χ1) is 9.74. The number of nitrogens with zero attached hydrogens (tertiary/aromatic N) is 3. The van der Waals surface area contributed by atoms with Crippen molar-refractivity contribution < 1.29 is 4.39 Å². The van der Waals surface area contributed by atoms with Gasteiger partial charge in [-0.15, -0.1) is 0 Å². The lowest BCUT2D eigenvalue weighted by molar-refractivity contribution is 0.625. The third kappa shape index (κ3) is 2.45. The lowest BCUT2D eigenvalue weighted by Crippen LogP contribution is -2.08. The van der Waals surface area contributed by atoms with Crippen molar-refractivity contribution in [1.29, 1.82) is 0 Å². The highest BCUT2D eigenvalue weighted by atomic mass is 19.1. The van der Waals surface area contributed by atoms with E-state index in [-0.39, 0.29) is 5.82 Å². The molecular formula is C14H14FN5. The van der Waals surface area contributed by atoms with E-state index in [4.69, 9.17) is 0 Å². The lowest BCUT2D eigenvalue weighted by Gasteiger charge is -2.08. The van der Waals surface area contributed by atoms with E-state index < -0.39 is 0 Å². The Balaban J connectivity index is 1.69. The fourth-order valence-corrected chi connectivity index (χ4v) is 2.15. The molecule has 0 atom stereocenters. The number of imidazole rings is 1. The summed E-state index contributed by atoms with van der Waals surface area (Å²) in [7, 11) is 0. The fourth-order valence-electron chi connectivity index (χ4n) is 2.15. The molecule has 0 spiro atoms. The Kier molecular flexibility index (Phi) is 3.28. The zero-order valence-electron chi connectivity index (χ0n) is 11.0. The predicted octanol–water partition coefficient (Wildman–Crippen LogP) is 2.46. The molecule has 20 heavy (non-hydrogen) atoms. The number of rotatable bonds is 4. The van der Waals surface area contributed by atoms with Gasteiger partial charge in [0, 0.05) is 6.54 Å². The average Bonchev–Trinajstić information content (AvgIpc) is 2.90. The second kappa shape index (κ2) is 5.24. The van der Waals surface area contributed by atoms with Gasteiger partial charge in [-0.25, -0.2) is 19.3 Å². The monoisotopic (exact) mass is 271 g/mol. The molecule has 0 amide bonds. The van der Waals surface area contributed by atoms with Crippen LogP contribution >= 0.6 is 0 Å². The maximum Gasteiger partial charge on any atom is 0.182 e. The first kappa shape index (κ1) is 12.5. The summed E-state index contributed by atoms with van der Waals surface area (Å²) in [5.74, 6) is 0.529. The van der Waals surface area contributed by atoms with Crippen LogP contribution in [0.2, 0.25) is 0 Å². The molecule has 0 aliphatic carbocycles. The van der Waals surface area contributed by atoms with E-state index >= 15 is 0 Å². The topological polar surface area (TPSA) is 66.5 Å². The van der Waals surface area contributed by atoms with Crippen molar-refractivity contribution in [3.63, 3.8) is 0 Å². The van der Waals surface area contributed by atoms with E-state index in [2.05, 4.69) is 25.3 Å². The molecule has 0 unspecified atom stereocenters. The van der Waals surface area contributed by atoms with Crippen LogP contribution < -0.4 is 5.32 Å². The van der Waals surface area contributed by atoms with Crippen LogP contribution in [-0.4, -0.2) is 26.5 Å². The third-order valence-electron chi connectivity index (χ3n) is 3.21. The Bertz CT molecular complexity index is 737. The maximum atomic E-state index is 13.0.